The number of piperidine rings is 1. The van der Waals surface area contributed by atoms with Crippen LogP contribution in [0.25, 0.3) is 0 Å². The predicted octanol–water partition coefficient (Wildman–Crippen LogP) is 3.22. The summed E-state index contributed by atoms with van der Waals surface area (Å²) in [4.78, 5) is 46.1. The van der Waals surface area contributed by atoms with E-state index in [2.05, 4.69) is 14.9 Å². The van der Waals surface area contributed by atoms with Crippen molar-refractivity contribution in [3.8, 4) is 0 Å². The molecule has 2 amide bonds. The first-order valence-corrected chi connectivity index (χ1v) is 11.8. The Morgan fingerprint density at radius 1 is 1.03 bits per heavy atom. The number of carbonyl (C=O) groups excluding carboxylic acids is 2. The number of hydrogen-bond donors (Lipinski definition) is 0. The van der Waals surface area contributed by atoms with Crippen molar-refractivity contribution in [3.63, 3.8) is 0 Å². The van der Waals surface area contributed by atoms with Gasteiger partial charge in [0.05, 0.1) is 23.0 Å². The fourth-order valence-electron chi connectivity index (χ4n) is 4.29. The van der Waals surface area contributed by atoms with Crippen molar-refractivity contribution in [2.24, 2.45) is 0 Å². The number of carbonyl (C=O) groups is 2. The van der Waals surface area contributed by atoms with E-state index < -0.39 is 0 Å². The zero-order chi connectivity index (χ0) is 22.1. The highest BCUT2D eigenvalue weighted by Gasteiger charge is 2.33. The van der Waals surface area contributed by atoms with E-state index in [4.69, 9.17) is 4.98 Å². The summed E-state index contributed by atoms with van der Waals surface area (Å²) in [5.74, 6) is 0.512. The number of amides is 2. The maximum absolute atomic E-state index is 13.5. The molecule has 166 valence electrons. The summed E-state index contributed by atoms with van der Waals surface area (Å²) < 4.78 is 0. The monoisotopic (exact) mass is 442 g/mol. The summed E-state index contributed by atoms with van der Waals surface area (Å²) in [6.07, 6.45) is 6.77. The van der Waals surface area contributed by atoms with E-state index in [0.717, 1.165) is 43.2 Å². The fourth-order valence-corrected chi connectivity index (χ4v) is 5.37. The van der Waals surface area contributed by atoms with Crippen molar-refractivity contribution >= 4 is 28.3 Å². The van der Waals surface area contributed by atoms with Gasteiger partial charge in [-0.15, -0.1) is 0 Å². The van der Waals surface area contributed by atoms with Crippen LogP contribution in [0.15, 0.2) is 6.20 Å². The summed E-state index contributed by atoms with van der Waals surface area (Å²) in [6, 6.07) is -0.180. The number of hydrogen-bond acceptors (Lipinski definition) is 7. The average Bonchev–Trinajstić information content (AvgIpc) is 3.42. The van der Waals surface area contributed by atoms with E-state index in [-0.39, 0.29) is 17.9 Å². The zero-order valence-electron chi connectivity index (χ0n) is 18.7. The molecule has 9 heteroatoms. The van der Waals surface area contributed by atoms with Gasteiger partial charge in [0, 0.05) is 39.9 Å². The molecule has 2 aromatic rings. The van der Waals surface area contributed by atoms with E-state index in [1.165, 1.54) is 29.1 Å². The maximum Gasteiger partial charge on any atom is 0.266 e. The molecule has 1 atom stereocenters. The third-order valence-corrected chi connectivity index (χ3v) is 7.26. The summed E-state index contributed by atoms with van der Waals surface area (Å²) >= 11 is 1.50. The highest BCUT2D eigenvalue weighted by molar-refractivity contribution is 7.17. The average molecular weight is 443 g/mol. The molecule has 4 heterocycles. The highest BCUT2D eigenvalue weighted by Crippen LogP contribution is 2.34. The number of aromatic nitrogens is 3. The van der Waals surface area contributed by atoms with E-state index in [1.54, 1.807) is 20.3 Å². The number of aryl methyl sites for hydroxylation is 2. The molecule has 0 aliphatic carbocycles. The van der Waals surface area contributed by atoms with Crippen molar-refractivity contribution < 1.29 is 9.59 Å². The molecule has 0 N–H and O–H groups in total. The van der Waals surface area contributed by atoms with Crippen LogP contribution in [-0.4, -0.2) is 70.3 Å². The van der Waals surface area contributed by atoms with Crippen molar-refractivity contribution in [2.45, 2.75) is 52.0 Å². The number of anilines is 1. The van der Waals surface area contributed by atoms with Gasteiger partial charge in [-0.2, -0.15) is 0 Å². The molecule has 8 nitrogen and oxygen atoms in total. The molecule has 0 saturated carbocycles. The normalized spacial score (nSPS) is 19.0. The van der Waals surface area contributed by atoms with Crippen LogP contribution in [0.1, 0.15) is 75.4 Å². The van der Waals surface area contributed by atoms with Crippen LogP contribution >= 0.6 is 11.3 Å². The van der Waals surface area contributed by atoms with Gasteiger partial charge in [0.25, 0.3) is 11.8 Å². The van der Waals surface area contributed by atoms with Gasteiger partial charge >= 0.3 is 0 Å². The lowest BCUT2D eigenvalue weighted by Gasteiger charge is -2.34. The molecule has 0 spiro atoms. The summed E-state index contributed by atoms with van der Waals surface area (Å²) in [7, 11) is 3.43. The van der Waals surface area contributed by atoms with E-state index in [9.17, 15) is 9.59 Å². The molecule has 0 unspecified atom stereocenters. The van der Waals surface area contributed by atoms with Gasteiger partial charge in [-0.05, 0) is 46.0 Å². The maximum atomic E-state index is 13.5. The zero-order valence-corrected chi connectivity index (χ0v) is 19.5. The van der Waals surface area contributed by atoms with Crippen LogP contribution in [0, 0.1) is 13.8 Å². The molecule has 0 aromatic carbocycles. The Morgan fingerprint density at radius 3 is 2.42 bits per heavy atom. The van der Waals surface area contributed by atoms with Crippen LogP contribution in [0.2, 0.25) is 0 Å². The van der Waals surface area contributed by atoms with Gasteiger partial charge in [-0.25, -0.2) is 15.0 Å². The number of rotatable bonds is 4. The molecule has 0 radical (unpaired) electrons. The lowest BCUT2D eigenvalue weighted by Crippen LogP contribution is -2.39. The summed E-state index contributed by atoms with van der Waals surface area (Å²) in [6.45, 7) is 6.45. The van der Waals surface area contributed by atoms with Crippen molar-refractivity contribution in [1.29, 1.82) is 0 Å². The van der Waals surface area contributed by atoms with Crippen LogP contribution in [0.5, 0.6) is 0 Å². The van der Waals surface area contributed by atoms with E-state index in [1.807, 2.05) is 18.7 Å². The number of thiazole rings is 1. The summed E-state index contributed by atoms with van der Waals surface area (Å²) in [5, 5.41) is 0.950. The van der Waals surface area contributed by atoms with Crippen LogP contribution in [0.3, 0.4) is 0 Å². The van der Waals surface area contributed by atoms with Gasteiger partial charge in [-0.1, -0.05) is 11.3 Å². The Balaban J connectivity index is 1.60. The smallest absolute Gasteiger partial charge is 0.266 e. The van der Waals surface area contributed by atoms with Crippen molar-refractivity contribution in [3.05, 3.63) is 33.8 Å². The molecule has 2 aromatic heterocycles. The quantitative estimate of drug-likeness (QED) is 0.723. The lowest BCUT2D eigenvalue weighted by atomic mass is 10.0. The minimum atomic E-state index is -0.180. The Morgan fingerprint density at radius 2 is 1.74 bits per heavy atom. The highest BCUT2D eigenvalue weighted by atomic mass is 32.1. The molecule has 2 saturated heterocycles. The van der Waals surface area contributed by atoms with Crippen LogP contribution < -0.4 is 4.90 Å². The SMILES string of the molecule is Cc1nc([C@H]2CCCCN2C(=O)c2sc(N3CCCC3)nc2C)ncc1C(=O)N(C)C. The summed E-state index contributed by atoms with van der Waals surface area (Å²) in [5.41, 5.74) is 1.94. The standard InChI is InChI=1S/C22H30N6O2S/c1-14-16(20(29)26(3)4)13-23-19(24-14)17-9-5-6-12-28(17)21(30)18-15(2)25-22(31-18)27-10-7-8-11-27/h13,17H,5-12H2,1-4H3/t17-/m1/s1. The number of nitrogens with zero attached hydrogens (tertiary/aromatic N) is 6. The molecular weight excluding hydrogens is 412 g/mol. The Kier molecular flexibility index (Phi) is 6.22. The second-order valence-corrected chi connectivity index (χ2v) is 9.52. The molecule has 0 bridgehead atoms. The third-order valence-electron chi connectivity index (χ3n) is 6.05. The van der Waals surface area contributed by atoms with Gasteiger partial charge in [0.2, 0.25) is 0 Å². The molecule has 2 aliphatic heterocycles. The topological polar surface area (TPSA) is 82.5 Å². The largest absolute Gasteiger partial charge is 0.348 e. The second-order valence-electron chi connectivity index (χ2n) is 8.54. The van der Waals surface area contributed by atoms with Crippen molar-refractivity contribution in [1.82, 2.24) is 24.8 Å². The van der Waals surface area contributed by atoms with Gasteiger partial charge < -0.3 is 14.7 Å². The van der Waals surface area contributed by atoms with Gasteiger partial charge in [-0.3, -0.25) is 9.59 Å². The number of likely N-dealkylation sites (tertiary alicyclic amines) is 1. The Hall–Kier alpha value is -2.55. The Bertz CT molecular complexity index is 982. The Labute approximate surface area is 187 Å². The van der Waals surface area contributed by atoms with Crippen LogP contribution in [-0.2, 0) is 0 Å². The first-order chi connectivity index (χ1) is 14.9. The minimum absolute atomic E-state index is 0.0137. The fraction of sp³-hybridized carbons (Fsp3) is 0.591. The van der Waals surface area contributed by atoms with E-state index in [0.29, 0.717) is 28.5 Å². The first-order valence-electron chi connectivity index (χ1n) is 11.0. The first kappa shape index (κ1) is 21.7. The van der Waals surface area contributed by atoms with E-state index >= 15 is 0 Å². The second kappa shape index (κ2) is 8.90. The third kappa shape index (κ3) is 4.28. The predicted molar refractivity (Wildman–Crippen MR) is 121 cm³/mol. The molecule has 4 rings (SSSR count). The molecule has 2 aliphatic rings. The van der Waals surface area contributed by atoms with Crippen molar-refractivity contribution in [2.75, 3.05) is 38.6 Å². The molecular formula is C22H30N6O2S. The van der Waals surface area contributed by atoms with Gasteiger partial charge in [0.1, 0.15) is 4.88 Å². The minimum Gasteiger partial charge on any atom is -0.348 e. The molecule has 31 heavy (non-hydrogen) atoms. The van der Waals surface area contributed by atoms with Crippen LogP contribution in [0.4, 0.5) is 5.13 Å². The molecule has 2 fully saturated rings. The van der Waals surface area contributed by atoms with Gasteiger partial charge in [0.15, 0.2) is 11.0 Å². The lowest BCUT2D eigenvalue weighted by molar-refractivity contribution is 0.0602.